The van der Waals surface area contributed by atoms with E-state index in [1.54, 1.807) is 50.2 Å². The monoisotopic (exact) mass is 411 g/mol. The van der Waals surface area contributed by atoms with Crippen LogP contribution in [0.4, 0.5) is 11.4 Å². The van der Waals surface area contributed by atoms with E-state index >= 15 is 0 Å². The molecular weight excluding hydrogens is 386 g/mol. The maximum atomic E-state index is 12.6. The molecule has 0 aliphatic carbocycles. The Hall–Kier alpha value is -2.97. The van der Waals surface area contributed by atoms with Gasteiger partial charge in [-0.3, -0.25) is 19.8 Å². The summed E-state index contributed by atoms with van der Waals surface area (Å²) in [4.78, 5) is 26.0. The summed E-state index contributed by atoms with van der Waals surface area (Å²) in [6.07, 6.45) is 1.25. The Labute approximate surface area is 174 Å². The summed E-state index contributed by atoms with van der Waals surface area (Å²) in [7, 11) is 0. The van der Waals surface area contributed by atoms with Gasteiger partial charge in [0.25, 0.3) is 11.6 Å². The van der Waals surface area contributed by atoms with Gasteiger partial charge in [0.05, 0.1) is 17.0 Å². The first-order chi connectivity index (χ1) is 14.3. The van der Waals surface area contributed by atoms with Gasteiger partial charge >= 0.3 is 0 Å². The van der Waals surface area contributed by atoms with E-state index in [0.29, 0.717) is 16.9 Å². The Bertz CT molecular complexity index is 970. The fraction of sp³-hybridized carbons (Fsp3) is 0.409. The van der Waals surface area contributed by atoms with Crippen LogP contribution in [0, 0.1) is 10.1 Å². The number of benzene rings is 2. The number of hydrogen-bond acceptors (Lipinski definition) is 6. The fourth-order valence-electron chi connectivity index (χ4n) is 4.25. The number of nitrogens with zero attached hydrogens (tertiary/aromatic N) is 2. The highest BCUT2D eigenvalue weighted by atomic mass is 16.6. The molecule has 4 rings (SSSR count). The number of likely N-dealkylation sites (tertiary alicyclic amines) is 1. The van der Waals surface area contributed by atoms with Gasteiger partial charge in [-0.1, -0.05) is 18.2 Å². The maximum absolute atomic E-state index is 12.6. The van der Waals surface area contributed by atoms with E-state index in [2.05, 4.69) is 10.2 Å². The summed E-state index contributed by atoms with van der Waals surface area (Å²) >= 11 is 0. The SMILES string of the molecule is CC1(C)Oc2cc([N+](=O)[O-])c(NC(=O)c3ccccc3)cc2C(N2CCCC2)C1O. The molecular formula is C22H25N3O5. The second-order valence-corrected chi connectivity index (χ2v) is 8.32. The number of aliphatic hydroxyl groups is 1. The highest BCUT2D eigenvalue weighted by Crippen LogP contribution is 2.47. The number of hydrogen-bond donors (Lipinski definition) is 2. The molecule has 0 aromatic heterocycles. The lowest BCUT2D eigenvalue weighted by Crippen LogP contribution is -2.53. The minimum atomic E-state index is -0.900. The van der Waals surface area contributed by atoms with Crippen molar-refractivity contribution in [3.8, 4) is 5.75 Å². The normalized spacial score (nSPS) is 22.8. The van der Waals surface area contributed by atoms with Crippen LogP contribution >= 0.6 is 0 Å². The first kappa shape index (κ1) is 20.3. The number of ether oxygens (including phenoxy) is 1. The second kappa shape index (κ2) is 7.70. The van der Waals surface area contributed by atoms with Crippen molar-refractivity contribution >= 4 is 17.3 Å². The smallest absolute Gasteiger partial charge is 0.296 e. The zero-order valence-corrected chi connectivity index (χ0v) is 17.0. The van der Waals surface area contributed by atoms with Crippen LogP contribution in [0.2, 0.25) is 0 Å². The van der Waals surface area contributed by atoms with Crippen LogP contribution in [0.3, 0.4) is 0 Å². The minimum absolute atomic E-state index is 0.0901. The molecule has 8 nitrogen and oxygen atoms in total. The highest BCUT2D eigenvalue weighted by Gasteiger charge is 2.46. The molecule has 0 bridgehead atoms. The molecule has 2 unspecified atom stereocenters. The summed E-state index contributed by atoms with van der Waals surface area (Å²) in [5, 5.41) is 25.4. The van der Waals surface area contributed by atoms with Crippen molar-refractivity contribution in [2.45, 2.75) is 44.4 Å². The van der Waals surface area contributed by atoms with Crippen LogP contribution in [-0.2, 0) is 0 Å². The van der Waals surface area contributed by atoms with Crippen molar-refractivity contribution in [3.05, 3.63) is 63.7 Å². The van der Waals surface area contributed by atoms with Crippen molar-refractivity contribution in [1.29, 1.82) is 0 Å². The molecule has 2 aliphatic rings. The lowest BCUT2D eigenvalue weighted by Gasteiger charge is -2.45. The Balaban J connectivity index is 1.78. The molecule has 2 atom stereocenters. The van der Waals surface area contributed by atoms with Gasteiger partial charge in [-0.2, -0.15) is 0 Å². The van der Waals surface area contributed by atoms with E-state index in [1.165, 1.54) is 6.07 Å². The Morgan fingerprint density at radius 2 is 1.90 bits per heavy atom. The van der Waals surface area contributed by atoms with Gasteiger partial charge in [0.15, 0.2) is 0 Å². The predicted molar refractivity (Wildman–Crippen MR) is 112 cm³/mol. The molecule has 2 aliphatic heterocycles. The first-order valence-corrected chi connectivity index (χ1v) is 10.1. The topological polar surface area (TPSA) is 105 Å². The Kier molecular flexibility index (Phi) is 5.21. The van der Waals surface area contributed by atoms with Crippen molar-refractivity contribution in [2.75, 3.05) is 18.4 Å². The van der Waals surface area contributed by atoms with Gasteiger partial charge in [0.1, 0.15) is 23.1 Å². The van der Waals surface area contributed by atoms with E-state index in [-0.39, 0.29) is 17.4 Å². The lowest BCUT2D eigenvalue weighted by molar-refractivity contribution is -0.384. The van der Waals surface area contributed by atoms with Crippen LogP contribution in [-0.4, -0.2) is 45.6 Å². The third-order valence-corrected chi connectivity index (χ3v) is 5.85. The van der Waals surface area contributed by atoms with Gasteiger partial charge in [0, 0.05) is 11.1 Å². The van der Waals surface area contributed by atoms with Crippen molar-refractivity contribution in [1.82, 2.24) is 4.90 Å². The average Bonchev–Trinajstić information content (AvgIpc) is 3.23. The molecule has 0 saturated carbocycles. The van der Waals surface area contributed by atoms with E-state index in [9.17, 15) is 20.0 Å². The van der Waals surface area contributed by atoms with Gasteiger partial charge in [-0.25, -0.2) is 0 Å². The van der Waals surface area contributed by atoms with Gasteiger partial charge in [-0.05, 0) is 58.0 Å². The molecule has 8 heteroatoms. The standard InChI is InChI=1S/C22H25N3O5/c1-22(2)20(26)19(24-10-6-7-11-24)15-12-16(17(25(28)29)13-18(15)30-22)23-21(27)14-8-4-3-5-9-14/h3-5,8-9,12-13,19-20,26H,6-7,10-11H2,1-2H3,(H,23,27). The number of anilines is 1. The van der Waals surface area contributed by atoms with Crippen LogP contribution in [0.25, 0.3) is 0 Å². The summed E-state index contributed by atoms with van der Waals surface area (Å²) in [6.45, 7) is 5.22. The largest absolute Gasteiger partial charge is 0.484 e. The molecule has 2 heterocycles. The molecule has 1 saturated heterocycles. The molecule has 1 amide bonds. The number of nitrogens with one attached hydrogen (secondary N) is 1. The second-order valence-electron chi connectivity index (χ2n) is 8.32. The van der Waals surface area contributed by atoms with Crippen LogP contribution in [0.15, 0.2) is 42.5 Å². The summed E-state index contributed by atoms with van der Waals surface area (Å²) in [5.41, 5.74) is -0.00319. The van der Waals surface area contributed by atoms with Crippen LogP contribution in [0.5, 0.6) is 5.75 Å². The van der Waals surface area contributed by atoms with E-state index in [4.69, 9.17) is 4.74 Å². The average molecular weight is 411 g/mol. The van der Waals surface area contributed by atoms with Gasteiger partial charge in [-0.15, -0.1) is 0 Å². The van der Waals surface area contributed by atoms with Gasteiger partial charge in [0.2, 0.25) is 0 Å². The minimum Gasteiger partial charge on any atom is -0.484 e. The fourth-order valence-corrected chi connectivity index (χ4v) is 4.25. The third kappa shape index (κ3) is 3.64. The number of aliphatic hydroxyl groups excluding tert-OH is 1. The van der Waals surface area contributed by atoms with E-state index in [1.807, 2.05) is 0 Å². The number of nitro benzene ring substituents is 1. The first-order valence-electron chi connectivity index (χ1n) is 10.1. The summed E-state index contributed by atoms with van der Waals surface area (Å²) < 4.78 is 5.96. The van der Waals surface area contributed by atoms with Gasteiger partial charge < -0.3 is 15.2 Å². The zero-order valence-electron chi connectivity index (χ0n) is 17.0. The lowest BCUT2D eigenvalue weighted by atomic mass is 9.85. The van der Waals surface area contributed by atoms with Crippen LogP contribution in [0.1, 0.15) is 48.7 Å². The maximum Gasteiger partial charge on any atom is 0.296 e. The third-order valence-electron chi connectivity index (χ3n) is 5.85. The quantitative estimate of drug-likeness (QED) is 0.589. The van der Waals surface area contributed by atoms with E-state index < -0.39 is 22.5 Å². The number of carbonyl (C=O) groups is 1. The molecule has 2 aromatic carbocycles. The van der Waals surface area contributed by atoms with Crippen molar-refractivity contribution in [3.63, 3.8) is 0 Å². The molecule has 1 fully saturated rings. The number of carbonyl (C=O) groups excluding carboxylic acids is 1. The number of rotatable bonds is 4. The number of fused-ring (bicyclic) bond motifs is 1. The molecule has 2 aromatic rings. The molecule has 158 valence electrons. The predicted octanol–water partition coefficient (Wildman–Crippen LogP) is 3.52. The zero-order chi connectivity index (χ0) is 21.5. The molecule has 0 radical (unpaired) electrons. The molecule has 2 N–H and O–H groups in total. The Morgan fingerprint density at radius 1 is 1.23 bits per heavy atom. The van der Waals surface area contributed by atoms with Crippen molar-refractivity contribution < 1.29 is 19.6 Å². The summed E-state index contributed by atoms with van der Waals surface area (Å²) in [5.74, 6) is -0.0689. The summed E-state index contributed by atoms with van der Waals surface area (Å²) in [6, 6.07) is 11.1. The van der Waals surface area contributed by atoms with Crippen molar-refractivity contribution in [2.24, 2.45) is 0 Å². The van der Waals surface area contributed by atoms with Crippen LogP contribution < -0.4 is 10.1 Å². The van der Waals surface area contributed by atoms with E-state index in [0.717, 1.165) is 25.9 Å². The Morgan fingerprint density at radius 3 is 2.53 bits per heavy atom. The molecule has 30 heavy (non-hydrogen) atoms. The highest BCUT2D eigenvalue weighted by molar-refractivity contribution is 6.05. The number of nitro groups is 1. The molecule has 0 spiro atoms. The number of amides is 1.